The lowest BCUT2D eigenvalue weighted by Crippen LogP contribution is -2.16. The number of anilines is 1. The molecule has 0 fully saturated rings. The number of H-pyrrole nitrogens is 1. The lowest BCUT2D eigenvalue weighted by molar-refractivity contribution is -0.115. The van der Waals surface area contributed by atoms with Gasteiger partial charge >= 0.3 is 0 Å². The minimum atomic E-state index is -0.231. The highest BCUT2D eigenvalue weighted by atomic mass is 32.2. The van der Waals surface area contributed by atoms with Crippen molar-refractivity contribution in [2.24, 2.45) is 7.05 Å². The van der Waals surface area contributed by atoms with Gasteiger partial charge in [-0.2, -0.15) is 10.2 Å². The summed E-state index contributed by atoms with van der Waals surface area (Å²) in [6.45, 7) is 0. The van der Waals surface area contributed by atoms with Crippen LogP contribution in [0.15, 0.2) is 65.4 Å². The van der Waals surface area contributed by atoms with Gasteiger partial charge in [0, 0.05) is 37.6 Å². The molecule has 0 radical (unpaired) electrons. The Labute approximate surface area is 169 Å². The predicted molar refractivity (Wildman–Crippen MR) is 105 cm³/mol. The molecule has 0 saturated carbocycles. The average Bonchev–Trinajstić information content (AvgIpc) is 3.34. The zero-order chi connectivity index (χ0) is 20.1. The van der Waals surface area contributed by atoms with Gasteiger partial charge in [0.1, 0.15) is 22.9 Å². The molecule has 4 rings (SSSR count). The molecular weight excluding hydrogens is 392 g/mol. The fraction of sp³-hybridized carbons (Fsp3) is 0.111. The van der Waals surface area contributed by atoms with Crippen molar-refractivity contribution < 1.29 is 9.53 Å². The molecule has 0 atom stereocenters. The average molecular weight is 408 g/mol. The minimum absolute atomic E-state index is 0.0603. The quantitative estimate of drug-likeness (QED) is 0.478. The molecule has 4 heterocycles. The van der Waals surface area contributed by atoms with E-state index in [0.717, 1.165) is 0 Å². The fourth-order valence-electron chi connectivity index (χ4n) is 2.45. The summed E-state index contributed by atoms with van der Waals surface area (Å²) in [5.74, 6) is 1.37. The van der Waals surface area contributed by atoms with Crippen LogP contribution in [0.2, 0.25) is 0 Å². The van der Waals surface area contributed by atoms with E-state index in [2.05, 4.69) is 35.6 Å². The molecule has 0 aliphatic heterocycles. The van der Waals surface area contributed by atoms with Gasteiger partial charge in [0.15, 0.2) is 11.0 Å². The van der Waals surface area contributed by atoms with Crippen molar-refractivity contribution in [2.75, 3.05) is 5.32 Å². The van der Waals surface area contributed by atoms with Crippen molar-refractivity contribution in [1.29, 1.82) is 0 Å². The van der Waals surface area contributed by atoms with Crippen LogP contribution >= 0.6 is 11.8 Å². The summed E-state index contributed by atoms with van der Waals surface area (Å²) in [5.41, 5.74) is 0.543. The number of carbonyl (C=O) groups is 1. The maximum absolute atomic E-state index is 12.4. The number of nitrogens with zero attached hydrogens (tertiary/aromatic N) is 6. The lowest BCUT2D eigenvalue weighted by atomic mass is 10.2. The second kappa shape index (κ2) is 8.52. The van der Waals surface area contributed by atoms with Crippen molar-refractivity contribution in [3.8, 4) is 11.5 Å². The number of carbonyl (C=O) groups excluding carboxylic acids is 1. The molecule has 4 aromatic rings. The number of aryl methyl sites for hydroxylation is 1. The molecule has 0 aliphatic carbocycles. The molecule has 0 bridgehead atoms. The van der Waals surface area contributed by atoms with Crippen LogP contribution in [0.1, 0.15) is 5.69 Å². The van der Waals surface area contributed by atoms with E-state index in [1.807, 2.05) is 0 Å². The number of pyridine rings is 2. The van der Waals surface area contributed by atoms with E-state index in [9.17, 15) is 4.79 Å². The Balaban J connectivity index is 1.55. The van der Waals surface area contributed by atoms with E-state index >= 15 is 0 Å². The largest absolute Gasteiger partial charge is 0.456 e. The Morgan fingerprint density at radius 1 is 1.31 bits per heavy atom. The van der Waals surface area contributed by atoms with Crippen molar-refractivity contribution in [3.05, 3.63) is 60.9 Å². The third-order valence-corrected chi connectivity index (χ3v) is 4.42. The topological polar surface area (TPSA) is 124 Å². The van der Waals surface area contributed by atoms with Crippen LogP contribution in [0.25, 0.3) is 0 Å². The summed E-state index contributed by atoms with van der Waals surface area (Å²) in [6, 6.07) is 8.78. The highest BCUT2D eigenvalue weighted by Gasteiger charge is 2.12. The lowest BCUT2D eigenvalue weighted by Gasteiger charge is -2.09. The number of ether oxygens (including phenoxy) is 1. The Bertz CT molecular complexity index is 1100. The van der Waals surface area contributed by atoms with Gasteiger partial charge in [-0.1, -0.05) is 0 Å². The zero-order valence-electron chi connectivity index (χ0n) is 15.3. The van der Waals surface area contributed by atoms with Gasteiger partial charge in [-0.25, -0.2) is 9.97 Å². The first-order valence-electron chi connectivity index (χ1n) is 8.55. The van der Waals surface area contributed by atoms with E-state index in [0.29, 0.717) is 33.2 Å². The summed E-state index contributed by atoms with van der Waals surface area (Å²) in [5, 5.41) is 14.7. The Hall–Kier alpha value is -3.73. The number of rotatable bonds is 7. The van der Waals surface area contributed by atoms with Crippen molar-refractivity contribution in [3.63, 3.8) is 0 Å². The first-order chi connectivity index (χ1) is 14.1. The van der Waals surface area contributed by atoms with Crippen LogP contribution in [-0.2, 0) is 18.3 Å². The maximum atomic E-state index is 12.4. The van der Waals surface area contributed by atoms with Gasteiger partial charge in [0.25, 0.3) is 0 Å². The number of aromatic amines is 1. The monoisotopic (exact) mass is 408 g/mol. The molecule has 11 heteroatoms. The number of hydrogen-bond donors (Lipinski definition) is 2. The van der Waals surface area contributed by atoms with Gasteiger partial charge in [-0.15, -0.1) is 0 Å². The highest BCUT2D eigenvalue weighted by Crippen LogP contribution is 2.29. The summed E-state index contributed by atoms with van der Waals surface area (Å²) in [4.78, 5) is 25.1. The second-order valence-corrected chi connectivity index (χ2v) is 6.92. The number of amides is 1. The second-order valence-electron chi connectivity index (χ2n) is 5.92. The van der Waals surface area contributed by atoms with E-state index in [4.69, 9.17) is 4.74 Å². The van der Waals surface area contributed by atoms with E-state index in [-0.39, 0.29) is 12.3 Å². The maximum Gasteiger partial charge on any atom is 0.231 e. The molecule has 0 spiro atoms. The summed E-state index contributed by atoms with van der Waals surface area (Å²) in [7, 11) is 1.78. The normalized spacial score (nSPS) is 10.7. The van der Waals surface area contributed by atoms with Gasteiger partial charge in [0.05, 0.1) is 18.3 Å². The SMILES string of the molecule is Cn1ccc(NC(=O)Cc2cc(Oc3cccnc3)cc(Sc3ncn[nH]3)n2)n1. The molecule has 1 amide bonds. The van der Waals surface area contributed by atoms with E-state index in [1.165, 1.54) is 18.1 Å². The van der Waals surface area contributed by atoms with Crippen molar-refractivity contribution in [1.82, 2.24) is 34.9 Å². The van der Waals surface area contributed by atoms with Gasteiger partial charge in [0.2, 0.25) is 5.91 Å². The summed E-state index contributed by atoms with van der Waals surface area (Å²) < 4.78 is 7.49. The molecule has 29 heavy (non-hydrogen) atoms. The van der Waals surface area contributed by atoms with Crippen LogP contribution in [0.4, 0.5) is 5.82 Å². The van der Waals surface area contributed by atoms with Crippen LogP contribution in [0, 0.1) is 0 Å². The number of aromatic nitrogens is 7. The zero-order valence-corrected chi connectivity index (χ0v) is 16.1. The molecule has 10 nitrogen and oxygen atoms in total. The minimum Gasteiger partial charge on any atom is -0.456 e. The molecule has 2 N–H and O–H groups in total. The van der Waals surface area contributed by atoms with Crippen molar-refractivity contribution in [2.45, 2.75) is 16.6 Å². The summed E-state index contributed by atoms with van der Waals surface area (Å²) >= 11 is 1.28. The van der Waals surface area contributed by atoms with Crippen molar-refractivity contribution >= 4 is 23.5 Å². The molecule has 146 valence electrons. The third-order valence-electron chi connectivity index (χ3n) is 3.62. The van der Waals surface area contributed by atoms with Crippen LogP contribution in [0.5, 0.6) is 11.5 Å². The molecular formula is C18H16N8O2S. The Morgan fingerprint density at radius 2 is 2.24 bits per heavy atom. The summed E-state index contributed by atoms with van der Waals surface area (Å²) in [6.07, 6.45) is 6.50. The third kappa shape index (κ3) is 5.17. The van der Waals surface area contributed by atoms with Gasteiger partial charge in [-0.05, 0) is 23.9 Å². The predicted octanol–water partition coefficient (Wildman–Crippen LogP) is 2.45. The highest BCUT2D eigenvalue weighted by molar-refractivity contribution is 7.99. The first-order valence-corrected chi connectivity index (χ1v) is 9.37. The molecule has 4 aromatic heterocycles. The Kier molecular flexibility index (Phi) is 5.47. The number of hydrogen-bond acceptors (Lipinski definition) is 8. The smallest absolute Gasteiger partial charge is 0.231 e. The van der Waals surface area contributed by atoms with E-state index < -0.39 is 0 Å². The molecule has 0 unspecified atom stereocenters. The van der Waals surface area contributed by atoms with Crippen LogP contribution in [-0.4, -0.2) is 40.8 Å². The van der Waals surface area contributed by atoms with E-state index in [1.54, 1.807) is 60.7 Å². The first kappa shape index (κ1) is 18.6. The van der Waals surface area contributed by atoms with Gasteiger partial charge in [-0.3, -0.25) is 19.6 Å². The molecule has 0 aromatic carbocycles. The van der Waals surface area contributed by atoms with Crippen LogP contribution in [0.3, 0.4) is 0 Å². The van der Waals surface area contributed by atoms with Crippen LogP contribution < -0.4 is 10.1 Å². The Morgan fingerprint density at radius 3 is 2.97 bits per heavy atom. The van der Waals surface area contributed by atoms with Gasteiger partial charge < -0.3 is 10.1 Å². The standard InChI is InChI=1S/C18H16N8O2S/c1-26-6-4-15(25-26)23-16(27)8-12-7-14(28-13-3-2-5-19-10-13)9-17(22-12)29-18-20-11-21-24-18/h2-7,9-11H,8H2,1H3,(H,20,21,24)(H,23,25,27). The fourth-order valence-corrected chi connectivity index (χ4v) is 3.19. The number of nitrogens with one attached hydrogen (secondary N) is 2. The molecule has 0 saturated heterocycles. The molecule has 0 aliphatic rings.